The maximum Gasteiger partial charge on any atom is 0.325 e. The molecule has 2 aliphatic heterocycles. The summed E-state index contributed by atoms with van der Waals surface area (Å²) < 4.78 is 16.7. The van der Waals surface area contributed by atoms with Crippen LogP contribution in [0, 0.1) is 0 Å². The third-order valence-corrected chi connectivity index (χ3v) is 5.92. The number of urea groups is 1. The molecule has 0 radical (unpaired) electrons. The highest BCUT2D eigenvalue weighted by molar-refractivity contribution is 6.09. The number of nitrogens with one attached hydrogen (secondary N) is 1. The molecule has 1 atom stereocenters. The van der Waals surface area contributed by atoms with E-state index in [1.54, 1.807) is 39.3 Å². The predicted octanol–water partition coefficient (Wildman–Crippen LogP) is 2.28. The Hall–Kier alpha value is -3.75. The summed E-state index contributed by atoms with van der Waals surface area (Å²) in [6.45, 7) is 2.60. The number of para-hydroxylation sites is 1. The Bertz CT molecular complexity index is 1090. The van der Waals surface area contributed by atoms with Gasteiger partial charge in [-0.15, -0.1) is 0 Å². The molecular weight excluding hydrogens is 426 g/mol. The number of amides is 4. The van der Waals surface area contributed by atoms with Crippen molar-refractivity contribution in [1.29, 1.82) is 0 Å². The van der Waals surface area contributed by atoms with Gasteiger partial charge in [-0.1, -0.05) is 24.3 Å². The topological polar surface area (TPSA) is 97.4 Å². The number of fused-ring (bicyclic) bond motifs is 1. The van der Waals surface area contributed by atoms with Crippen LogP contribution in [0.25, 0.3) is 0 Å². The molecule has 2 aliphatic rings. The standard InChI is InChI=1S/C24H27N3O6/c1-24(17-9-10-19-20(13-17)33-12-6-11-32-19)22(29)27(23(30)25-24)15-21(28)26(2)14-16-7-4-5-8-18(16)31-3/h4-5,7-10,13H,6,11-12,14-15H2,1-3H3,(H,25,30). The molecule has 0 spiro atoms. The molecule has 0 aromatic heterocycles. The summed E-state index contributed by atoms with van der Waals surface area (Å²) in [5.41, 5.74) is 0.0658. The zero-order chi connectivity index (χ0) is 23.6. The molecule has 0 bridgehead atoms. The first-order chi connectivity index (χ1) is 15.8. The minimum atomic E-state index is -1.32. The Kier molecular flexibility index (Phi) is 6.13. The number of carbonyl (C=O) groups is 3. The van der Waals surface area contributed by atoms with E-state index in [9.17, 15) is 14.4 Å². The van der Waals surface area contributed by atoms with Crippen molar-refractivity contribution in [3.63, 3.8) is 0 Å². The van der Waals surface area contributed by atoms with Gasteiger partial charge in [0.25, 0.3) is 5.91 Å². The Labute approximate surface area is 192 Å². The van der Waals surface area contributed by atoms with E-state index in [1.807, 2.05) is 24.3 Å². The highest BCUT2D eigenvalue weighted by Crippen LogP contribution is 2.36. The molecule has 4 rings (SSSR count). The quantitative estimate of drug-likeness (QED) is 0.674. The largest absolute Gasteiger partial charge is 0.496 e. The van der Waals surface area contributed by atoms with Crippen LogP contribution in [0.5, 0.6) is 17.2 Å². The summed E-state index contributed by atoms with van der Waals surface area (Å²) in [6, 6.07) is 11.9. The van der Waals surface area contributed by atoms with Gasteiger partial charge >= 0.3 is 6.03 Å². The molecule has 1 unspecified atom stereocenters. The average molecular weight is 453 g/mol. The number of hydrogen-bond donors (Lipinski definition) is 1. The molecular formula is C24H27N3O6. The molecule has 33 heavy (non-hydrogen) atoms. The minimum Gasteiger partial charge on any atom is -0.496 e. The number of imide groups is 1. The van der Waals surface area contributed by atoms with Crippen LogP contribution in [0.4, 0.5) is 4.79 Å². The molecule has 174 valence electrons. The minimum absolute atomic E-state index is 0.284. The Morgan fingerprint density at radius 3 is 2.64 bits per heavy atom. The van der Waals surface area contributed by atoms with Crippen molar-refractivity contribution < 1.29 is 28.6 Å². The second-order valence-corrected chi connectivity index (χ2v) is 8.22. The molecule has 0 aliphatic carbocycles. The van der Waals surface area contributed by atoms with Gasteiger partial charge in [-0.25, -0.2) is 4.79 Å². The van der Waals surface area contributed by atoms with E-state index in [2.05, 4.69) is 5.32 Å². The van der Waals surface area contributed by atoms with Crippen molar-refractivity contribution in [2.75, 3.05) is 33.9 Å². The lowest BCUT2D eigenvalue weighted by molar-refractivity contribution is -0.138. The normalized spacial score (nSPS) is 19.7. The monoisotopic (exact) mass is 453 g/mol. The van der Waals surface area contributed by atoms with Crippen LogP contribution in [0.2, 0.25) is 0 Å². The summed E-state index contributed by atoms with van der Waals surface area (Å²) in [5.74, 6) is 0.920. The molecule has 1 N–H and O–H groups in total. The van der Waals surface area contributed by atoms with E-state index in [0.29, 0.717) is 36.0 Å². The molecule has 1 fully saturated rings. The summed E-state index contributed by atoms with van der Waals surface area (Å²) >= 11 is 0. The maximum absolute atomic E-state index is 13.3. The van der Waals surface area contributed by atoms with Crippen molar-refractivity contribution in [2.45, 2.75) is 25.4 Å². The molecule has 4 amide bonds. The van der Waals surface area contributed by atoms with Gasteiger partial charge in [-0.3, -0.25) is 14.5 Å². The second-order valence-electron chi connectivity index (χ2n) is 8.22. The summed E-state index contributed by atoms with van der Waals surface area (Å²) in [5, 5.41) is 2.73. The van der Waals surface area contributed by atoms with Crippen molar-refractivity contribution in [2.24, 2.45) is 0 Å². The van der Waals surface area contributed by atoms with Crippen molar-refractivity contribution >= 4 is 17.8 Å². The van der Waals surface area contributed by atoms with E-state index in [1.165, 1.54) is 4.90 Å². The molecule has 1 saturated heterocycles. The van der Waals surface area contributed by atoms with Crippen LogP contribution in [-0.2, 0) is 21.7 Å². The fourth-order valence-corrected chi connectivity index (χ4v) is 3.94. The third-order valence-electron chi connectivity index (χ3n) is 5.92. The van der Waals surface area contributed by atoms with Gasteiger partial charge in [0.05, 0.1) is 20.3 Å². The molecule has 9 nitrogen and oxygen atoms in total. The average Bonchev–Trinajstić information content (AvgIpc) is 2.97. The zero-order valence-corrected chi connectivity index (χ0v) is 18.9. The first-order valence-electron chi connectivity index (χ1n) is 10.7. The third kappa shape index (κ3) is 4.30. The van der Waals surface area contributed by atoms with E-state index in [4.69, 9.17) is 14.2 Å². The highest BCUT2D eigenvalue weighted by Gasteiger charge is 2.50. The number of benzene rings is 2. The van der Waals surface area contributed by atoms with Crippen LogP contribution in [0.1, 0.15) is 24.5 Å². The molecule has 2 heterocycles. The number of nitrogens with zero attached hydrogens (tertiary/aromatic N) is 2. The number of likely N-dealkylation sites (N-methyl/N-ethyl adjacent to an activating group) is 1. The number of ether oxygens (including phenoxy) is 3. The van der Waals surface area contributed by atoms with Gasteiger partial charge in [-0.05, 0) is 30.7 Å². The predicted molar refractivity (Wildman–Crippen MR) is 119 cm³/mol. The number of rotatable bonds is 6. The van der Waals surface area contributed by atoms with E-state index in [-0.39, 0.29) is 19.0 Å². The number of carbonyl (C=O) groups excluding carboxylic acids is 3. The van der Waals surface area contributed by atoms with Crippen molar-refractivity contribution in [1.82, 2.24) is 15.1 Å². The van der Waals surface area contributed by atoms with Gasteiger partial charge in [0.15, 0.2) is 11.5 Å². The summed E-state index contributed by atoms with van der Waals surface area (Å²) in [7, 11) is 3.19. The molecule has 0 saturated carbocycles. The van der Waals surface area contributed by atoms with E-state index in [0.717, 1.165) is 16.9 Å². The van der Waals surface area contributed by atoms with E-state index >= 15 is 0 Å². The first-order valence-corrected chi connectivity index (χ1v) is 10.7. The van der Waals surface area contributed by atoms with Crippen molar-refractivity contribution in [3.8, 4) is 17.2 Å². The second kappa shape index (κ2) is 9.01. The Morgan fingerprint density at radius 1 is 1.15 bits per heavy atom. The zero-order valence-electron chi connectivity index (χ0n) is 18.9. The molecule has 2 aromatic carbocycles. The van der Waals surface area contributed by atoms with Gasteiger partial charge in [-0.2, -0.15) is 0 Å². The lowest BCUT2D eigenvalue weighted by Gasteiger charge is -2.24. The van der Waals surface area contributed by atoms with E-state index < -0.39 is 17.5 Å². The number of hydrogen-bond acceptors (Lipinski definition) is 6. The SMILES string of the molecule is COc1ccccc1CN(C)C(=O)CN1C(=O)NC(C)(c2ccc3c(c2)OCCCO3)C1=O. The van der Waals surface area contributed by atoms with Crippen LogP contribution in [0.3, 0.4) is 0 Å². The Balaban J connectivity index is 1.49. The first kappa shape index (κ1) is 22.4. The number of methoxy groups -OCH3 is 1. The van der Waals surface area contributed by atoms with Crippen LogP contribution in [-0.4, -0.2) is 61.6 Å². The fourth-order valence-electron chi connectivity index (χ4n) is 3.94. The lowest BCUT2D eigenvalue weighted by atomic mass is 9.91. The smallest absolute Gasteiger partial charge is 0.325 e. The van der Waals surface area contributed by atoms with Crippen LogP contribution < -0.4 is 19.5 Å². The Morgan fingerprint density at radius 2 is 1.88 bits per heavy atom. The lowest BCUT2D eigenvalue weighted by Crippen LogP contribution is -2.43. The van der Waals surface area contributed by atoms with Crippen molar-refractivity contribution in [3.05, 3.63) is 53.6 Å². The molecule has 2 aromatic rings. The summed E-state index contributed by atoms with van der Waals surface area (Å²) in [4.78, 5) is 41.2. The fraction of sp³-hybridized carbons (Fsp3) is 0.375. The van der Waals surface area contributed by atoms with Gasteiger partial charge in [0.1, 0.15) is 17.8 Å². The van der Waals surface area contributed by atoms with Gasteiger partial charge < -0.3 is 24.4 Å². The van der Waals surface area contributed by atoms with Gasteiger partial charge in [0.2, 0.25) is 5.91 Å². The molecule has 9 heteroatoms. The summed E-state index contributed by atoms with van der Waals surface area (Å²) in [6.07, 6.45) is 0.759. The van der Waals surface area contributed by atoms with Gasteiger partial charge in [0, 0.05) is 25.6 Å². The highest BCUT2D eigenvalue weighted by atomic mass is 16.5. The van der Waals surface area contributed by atoms with Crippen LogP contribution in [0.15, 0.2) is 42.5 Å². The maximum atomic E-state index is 13.3. The van der Waals surface area contributed by atoms with Crippen LogP contribution >= 0.6 is 0 Å².